The SMILES string of the molecule is NC(=O)c1cc(F)c(NC2CCCCC2N)nc1Nc1cncc(-c2ccccc2)c1. The predicted molar refractivity (Wildman–Crippen MR) is 120 cm³/mol. The summed E-state index contributed by atoms with van der Waals surface area (Å²) in [4.78, 5) is 20.5. The Balaban J connectivity index is 1.64. The maximum absolute atomic E-state index is 14.7. The molecule has 7 nitrogen and oxygen atoms in total. The van der Waals surface area contributed by atoms with E-state index in [1.54, 1.807) is 12.4 Å². The first-order valence-electron chi connectivity index (χ1n) is 10.3. The number of hydrogen-bond donors (Lipinski definition) is 4. The third kappa shape index (κ3) is 4.80. The van der Waals surface area contributed by atoms with Crippen molar-refractivity contribution in [2.45, 2.75) is 37.8 Å². The summed E-state index contributed by atoms with van der Waals surface area (Å²) in [5.74, 6) is -1.22. The summed E-state index contributed by atoms with van der Waals surface area (Å²) in [7, 11) is 0. The number of amides is 1. The molecule has 1 fully saturated rings. The first-order chi connectivity index (χ1) is 15.0. The Morgan fingerprint density at radius 2 is 1.81 bits per heavy atom. The summed E-state index contributed by atoms with van der Waals surface area (Å²) >= 11 is 0. The van der Waals surface area contributed by atoms with Crippen molar-refractivity contribution >= 4 is 23.2 Å². The summed E-state index contributed by atoms with van der Waals surface area (Å²) in [6.45, 7) is 0. The normalized spacial score (nSPS) is 18.4. The minimum absolute atomic E-state index is 0.0406. The molecular formula is C23H25FN6O. The summed E-state index contributed by atoms with van der Waals surface area (Å²) < 4.78 is 14.7. The molecule has 3 aromatic rings. The molecule has 2 atom stereocenters. The highest BCUT2D eigenvalue weighted by Crippen LogP contribution is 2.28. The smallest absolute Gasteiger partial charge is 0.252 e. The second kappa shape index (κ2) is 9.09. The zero-order valence-corrected chi connectivity index (χ0v) is 17.0. The van der Waals surface area contributed by atoms with Gasteiger partial charge in [-0.3, -0.25) is 9.78 Å². The maximum Gasteiger partial charge on any atom is 0.252 e. The lowest BCUT2D eigenvalue weighted by Crippen LogP contribution is -2.43. The number of pyridine rings is 2. The predicted octanol–water partition coefficient (Wildman–Crippen LogP) is 3.81. The summed E-state index contributed by atoms with van der Waals surface area (Å²) in [6.07, 6.45) is 7.15. The van der Waals surface area contributed by atoms with Gasteiger partial charge in [-0.05, 0) is 30.5 Å². The molecule has 1 saturated carbocycles. The Hall–Kier alpha value is -3.52. The van der Waals surface area contributed by atoms with E-state index in [4.69, 9.17) is 11.5 Å². The zero-order chi connectivity index (χ0) is 21.8. The van der Waals surface area contributed by atoms with Gasteiger partial charge in [-0.15, -0.1) is 0 Å². The molecule has 0 saturated heterocycles. The number of carbonyl (C=O) groups is 1. The van der Waals surface area contributed by atoms with Crippen LogP contribution in [0.15, 0.2) is 54.9 Å². The van der Waals surface area contributed by atoms with Gasteiger partial charge in [0.15, 0.2) is 11.6 Å². The van der Waals surface area contributed by atoms with Gasteiger partial charge in [0.1, 0.15) is 5.82 Å². The molecule has 0 bridgehead atoms. The molecule has 0 radical (unpaired) electrons. The number of anilines is 3. The van der Waals surface area contributed by atoms with E-state index in [0.29, 0.717) is 5.69 Å². The molecule has 1 aliphatic carbocycles. The van der Waals surface area contributed by atoms with Crippen LogP contribution in [0.1, 0.15) is 36.0 Å². The van der Waals surface area contributed by atoms with E-state index in [0.717, 1.165) is 42.9 Å². The van der Waals surface area contributed by atoms with Gasteiger partial charge in [0.2, 0.25) is 0 Å². The molecule has 8 heteroatoms. The van der Waals surface area contributed by atoms with Gasteiger partial charge in [0, 0.05) is 23.8 Å². The first-order valence-corrected chi connectivity index (χ1v) is 10.3. The van der Waals surface area contributed by atoms with Crippen molar-refractivity contribution in [3.8, 4) is 11.1 Å². The summed E-state index contributed by atoms with van der Waals surface area (Å²) in [5, 5.41) is 6.18. The Labute approximate surface area is 180 Å². The van der Waals surface area contributed by atoms with Crippen molar-refractivity contribution in [3.63, 3.8) is 0 Å². The molecule has 0 aliphatic heterocycles. The lowest BCUT2D eigenvalue weighted by Gasteiger charge is -2.30. The second-order valence-corrected chi connectivity index (χ2v) is 7.73. The number of nitrogens with two attached hydrogens (primary N) is 2. The average molecular weight is 420 g/mol. The molecule has 2 aromatic heterocycles. The Kier molecular flexibility index (Phi) is 6.08. The van der Waals surface area contributed by atoms with Crippen LogP contribution in [-0.2, 0) is 0 Å². The highest BCUT2D eigenvalue weighted by atomic mass is 19.1. The fraction of sp³-hybridized carbons (Fsp3) is 0.261. The van der Waals surface area contributed by atoms with Crippen molar-refractivity contribution in [2.75, 3.05) is 10.6 Å². The van der Waals surface area contributed by atoms with Crippen LogP contribution in [0.4, 0.5) is 21.7 Å². The fourth-order valence-corrected chi connectivity index (χ4v) is 3.82. The van der Waals surface area contributed by atoms with Gasteiger partial charge in [-0.25, -0.2) is 9.37 Å². The van der Waals surface area contributed by atoms with E-state index in [1.807, 2.05) is 36.4 Å². The van der Waals surface area contributed by atoms with Crippen LogP contribution in [0.25, 0.3) is 11.1 Å². The molecule has 160 valence electrons. The zero-order valence-electron chi connectivity index (χ0n) is 17.0. The summed E-state index contributed by atoms with van der Waals surface area (Å²) in [5.41, 5.74) is 14.1. The number of nitrogens with zero attached hydrogens (tertiary/aromatic N) is 2. The minimum atomic E-state index is -0.776. The highest BCUT2D eigenvalue weighted by Gasteiger charge is 2.24. The topological polar surface area (TPSA) is 119 Å². The van der Waals surface area contributed by atoms with Crippen LogP contribution >= 0.6 is 0 Å². The van der Waals surface area contributed by atoms with Crippen LogP contribution in [0, 0.1) is 5.82 Å². The van der Waals surface area contributed by atoms with E-state index in [1.165, 1.54) is 0 Å². The van der Waals surface area contributed by atoms with Crippen molar-refractivity contribution in [2.24, 2.45) is 11.5 Å². The van der Waals surface area contributed by atoms with Gasteiger partial charge >= 0.3 is 0 Å². The quantitative estimate of drug-likeness (QED) is 0.482. The Morgan fingerprint density at radius 3 is 2.55 bits per heavy atom. The van der Waals surface area contributed by atoms with E-state index < -0.39 is 11.7 Å². The van der Waals surface area contributed by atoms with Crippen molar-refractivity contribution in [1.82, 2.24) is 9.97 Å². The second-order valence-electron chi connectivity index (χ2n) is 7.73. The van der Waals surface area contributed by atoms with Crippen molar-refractivity contribution < 1.29 is 9.18 Å². The monoisotopic (exact) mass is 420 g/mol. The number of nitrogens with one attached hydrogen (secondary N) is 2. The molecule has 0 spiro atoms. The van der Waals surface area contributed by atoms with E-state index in [2.05, 4.69) is 20.6 Å². The van der Waals surface area contributed by atoms with Crippen molar-refractivity contribution in [3.05, 3.63) is 66.2 Å². The fourth-order valence-electron chi connectivity index (χ4n) is 3.82. The van der Waals surface area contributed by atoms with Gasteiger partial charge in [0.25, 0.3) is 5.91 Å². The van der Waals surface area contributed by atoms with Gasteiger partial charge in [0.05, 0.1) is 17.4 Å². The Morgan fingerprint density at radius 1 is 1.03 bits per heavy atom. The first kappa shape index (κ1) is 20.7. The van der Waals surface area contributed by atoms with E-state index >= 15 is 0 Å². The van der Waals surface area contributed by atoms with Crippen LogP contribution in [-0.4, -0.2) is 28.0 Å². The highest BCUT2D eigenvalue weighted by molar-refractivity contribution is 5.98. The molecule has 6 N–H and O–H groups in total. The number of hydrogen-bond acceptors (Lipinski definition) is 6. The molecule has 1 aliphatic rings. The largest absolute Gasteiger partial charge is 0.365 e. The molecular weight excluding hydrogens is 395 g/mol. The summed E-state index contributed by atoms with van der Waals surface area (Å²) in [6, 6.07) is 12.6. The average Bonchev–Trinajstić information content (AvgIpc) is 2.78. The van der Waals surface area contributed by atoms with Crippen LogP contribution in [0.2, 0.25) is 0 Å². The minimum Gasteiger partial charge on any atom is -0.365 e. The number of carbonyl (C=O) groups excluding carboxylic acids is 1. The number of halogens is 1. The molecule has 2 unspecified atom stereocenters. The number of aromatic nitrogens is 2. The van der Waals surface area contributed by atoms with Crippen LogP contribution in [0.3, 0.4) is 0 Å². The molecule has 31 heavy (non-hydrogen) atoms. The molecule has 1 amide bonds. The van der Waals surface area contributed by atoms with E-state index in [9.17, 15) is 9.18 Å². The van der Waals surface area contributed by atoms with Gasteiger partial charge in [-0.1, -0.05) is 43.2 Å². The standard InChI is InChI=1S/C23H25FN6O/c24-18-11-17(21(26)31)22(30-23(18)29-20-9-5-4-8-19(20)25)28-16-10-15(12-27-13-16)14-6-2-1-3-7-14/h1-3,6-7,10-13,19-20H,4-5,8-9,25H2,(H2,26,31)(H2,28,29,30). The molecule has 1 aromatic carbocycles. The number of benzene rings is 1. The van der Waals surface area contributed by atoms with Crippen LogP contribution < -0.4 is 22.1 Å². The Bertz CT molecular complexity index is 1070. The van der Waals surface area contributed by atoms with Gasteiger partial charge in [-0.2, -0.15) is 0 Å². The number of primary amides is 1. The van der Waals surface area contributed by atoms with Gasteiger partial charge < -0.3 is 22.1 Å². The van der Waals surface area contributed by atoms with Crippen molar-refractivity contribution in [1.29, 1.82) is 0 Å². The van der Waals surface area contributed by atoms with E-state index in [-0.39, 0.29) is 29.3 Å². The number of rotatable bonds is 6. The third-order valence-electron chi connectivity index (χ3n) is 5.49. The lowest BCUT2D eigenvalue weighted by atomic mass is 9.91. The lowest BCUT2D eigenvalue weighted by molar-refractivity contribution is 0.100. The maximum atomic E-state index is 14.7. The molecule has 4 rings (SSSR count). The third-order valence-corrected chi connectivity index (χ3v) is 5.49. The van der Waals surface area contributed by atoms with Crippen LogP contribution in [0.5, 0.6) is 0 Å². The molecule has 2 heterocycles.